The van der Waals surface area contributed by atoms with Crippen LogP contribution in [0.3, 0.4) is 0 Å². The van der Waals surface area contributed by atoms with Crippen molar-refractivity contribution in [3.05, 3.63) is 47.4 Å². The Morgan fingerprint density at radius 1 is 1.10 bits per heavy atom. The van der Waals surface area contributed by atoms with Crippen LogP contribution >= 0.6 is 11.3 Å². The van der Waals surface area contributed by atoms with Gasteiger partial charge in [-0.3, -0.25) is 0 Å². The van der Waals surface area contributed by atoms with Crippen molar-refractivity contribution < 1.29 is 0 Å². The maximum Gasteiger partial charge on any atom is 0.0377 e. The average Bonchev–Trinajstić information content (AvgIpc) is 2.98. The van der Waals surface area contributed by atoms with Crippen LogP contribution in [0.1, 0.15) is 59.1 Å². The molecule has 0 radical (unpaired) electrons. The molecule has 0 saturated heterocycles. The maximum absolute atomic E-state index is 3.36. The molecule has 2 aromatic rings. The van der Waals surface area contributed by atoms with Gasteiger partial charge >= 0.3 is 0 Å². The Balaban J connectivity index is 0. The van der Waals surface area contributed by atoms with Gasteiger partial charge in [0.15, 0.2) is 0 Å². The van der Waals surface area contributed by atoms with Crippen molar-refractivity contribution in [2.24, 2.45) is 0 Å². The summed E-state index contributed by atoms with van der Waals surface area (Å²) in [6, 6.07) is 6.74. The summed E-state index contributed by atoms with van der Waals surface area (Å²) in [7, 11) is 0. The average molecular weight is 293 g/mol. The SMILES string of the molecule is C=CC.CC.CC.CCCc1ccc(C)c2ccsc12. The summed E-state index contributed by atoms with van der Waals surface area (Å²) in [5.41, 5.74) is 2.91. The fourth-order valence-electron chi connectivity index (χ4n) is 1.73. The number of rotatable bonds is 2. The van der Waals surface area contributed by atoms with Gasteiger partial charge in [0.05, 0.1) is 0 Å². The molecular weight excluding hydrogens is 260 g/mol. The van der Waals surface area contributed by atoms with Crippen LogP contribution in [0.25, 0.3) is 10.1 Å². The van der Waals surface area contributed by atoms with Crippen molar-refractivity contribution >= 4 is 21.4 Å². The van der Waals surface area contributed by atoms with Crippen molar-refractivity contribution in [2.45, 2.75) is 61.3 Å². The van der Waals surface area contributed by atoms with Crippen molar-refractivity contribution in [3.63, 3.8) is 0 Å². The van der Waals surface area contributed by atoms with E-state index in [1.54, 1.807) is 6.08 Å². The monoisotopic (exact) mass is 292 g/mol. The first-order valence-electron chi connectivity index (χ1n) is 7.77. The normalized spacial score (nSPS) is 8.35. The lowest BCUT2D eigenvalue weighted by Gasteiger charge is -2.02. The van der Waals surface area contributed by atoms with E-state index in [2.05, 4.69) is 44.0 Å². The van der Waals surface area contributed by atoms with E-state index in [0.717, 1.165) is 0 Å². The van der Waals surface area contributed by atoms with Gasteiger partial charge in [-0.05, 0) is 48.2 Å². The zero-order valence-corrected chi connectivity index (χ0v) is 15.2. The topological polar surface area (TPSA) is 0 Å². The Kier molecular flexibility index (Phi) is 15.2. The number of thiophene rings is 1. The minimum absolute atomic E-state index is 1.21. The second kappa shape index (κ2) is 14.3. The molecular formula is C19H32S. The third-order valence-corrected chi connectivity index (χ3v) is 3.43. The Labute approximate surface area is 130 Å². The van der Waals surface area contributed by atoms with Crippen LogP contribution in [0.5, 0.6) is 0 Å². The number of hydrogen-bond acceptors (Lipinski definition) is 1. The molecule has 0 saturated carbocycles. The Bertz CT molecular complexity index is 452. The van der Waals surface area contributed by atoms with Crippen LogP contribution in [0, 0.1) is 6.92 Å². The lowest BCUT2D eigenvalue weighted by molar-refractivity contribution is 0.931. The van der Waals surface area contributed by atoms with Gasteiger partial charge in [-0.2, -0.15) is 0 Å². The third kappa shape index (κ3) is 6.91. The fourth-order valence-corrected chi connectivity index (χ4v) is 2.74. The van der Waals surface area contributed by atoms with Gasteiger partial charge in [0.25, 0.3) is 0 Å². The van der Waals surface area contributed by atoms with Crippen LogP contribution in [-0.2, 0) is 6.42 Å². The van der Waals surface area contributed by atoms with Gasteiger partial charge in [0, 0.05) is 4.70 Å². The van der Waals surface area contributed by atoms with E-state index >= 15 is 0 Å². The highest BCUT2D eigenvalue weighted by atomic mass is 32.1. The molecule has 0 unspecified atom stereocenters. The summed E-state index contributed by atoms with van der Waals surface area (Å²) in [5, 5.41) is 3.63. The van der Waals surface area contributed by atoms with E-state index in [0.29, 0.717) is 0 Å². The molecule has 114 valence electrons. The van der Waals surface area contributed by atoms with Crippen LogP contribution in [0.15, 0.2) is 36.2 Å². The molecule has 0 spiro atoms. The van der Waals surface area contributed by atoms with E-state index < -0.39 is 0 Å². The fraction of sp³-hybridized carbons (Fsp3) is 0.474. The first-order chi connectivity index (χ1) is 9.74. The summed E-state index contributed by atoms with van der Waals surface area (Å²) in [5.74, 6) is 0. The predicted molar refractivity (Wildman–Crippen MR) is 99.1 cm³/mol. The molecule has 1 aromatic carbocycles. The van der Waals surface area contributed by atoms with Crippen molar-refractivity contribution in [2.75, 3.05) is 0 Å². The lowest BCUT2D eigenvalue weighted by Crippen LogP contribution is -1.84. The van der Waals surface area contributed by atoms with Crippen LogP contribution in [0.4, 0.5) is 0 Å². The molecule has 0 nitrogen and oxygen atoms in total. The van der Waals surface area contributed by atoms with E-state index in [9.17, 15) is 0 Å². The van der Waals surface area contributed by atoms with E-state index in [-0.39, 0.29) is 0 Å². The highest BCUT2D eigenvalue weighted by Crippen LogP contribution is 2.28. The minimum Gasteiger partial charge on any atom is -0.144 e. The predicted octanol–water partition coefficient (Wildman–Crippen LogP) is 7.41. The van der Waals surface area contributed by atoms with Gasteiger partial charge in [0.2, 0.25) is 0 Å². The molecule has 1 heteroatoms. The van der Waals surface area contributed by atoms with Crippen molar-refractivity contribution in [1.29, 1.82) is 0 Å². The molecule has 0 bridgehead atoms. The summed E-state index contributed by atoms with van der Waals surface area (Å²) < 4.78 is 1.49. The van der Waals surface area contributed by atoms with Gasteiger partial charge in [-0.1, -0.05) is 59.2 Å². The Morgan fingerprint density at radius 3 is 2.15 bits per heavy atom. The van der Waals surface area contributed by atoms with Gasteiger partial charge in [0.1, 0.15) is 0 Å². The van der Waals surface area contributed by atoms with Crippen molar-refractivity contribution in [1.82, 2.24) is 0 Å². The lowest BCUT2D eigenvalue weighted by atomic mass is 10.0. The smallest absolute Gasteiger partial charge is 0.0377 e. The molecule has 0 aliphatic rings. The summed E-state index contributed by atoms with van der Waals surface area (Å²) in [6.07, 6.45) is 4.19. The van der Waals surface area contributed by atoms with Crippen molar-refractivity contribution in [3.8, 4) is 0 Å². The van der Waals surface area contributed by atoms with E-state index in [4.69, 9.17) is 0 Å². The first kappa shape index (κ1) is 21.2. The molecule has 20 heavy (non-hydrogen) atoms. The standard InChI is InChI=1S/C12H14S.C3H6.2C2H6/c1-3-4-10-6-5-9(2)11-7-8-13-12(10)11;1-3-2;2*1-2/h5-8H,3-4H2,1-2H3;3H,1H2,2H3;2*1-2H3. The van der Waals surface area contributed by atoms with Gasteiger partial charge in [-0.25, -0.2) is 0 Å². The summed E-state index contributed by atoms with van der Waals surface area (Å²) >= 11 is 1.87. The molecule has 0 amide bonds. The Morgan fingerprint density at radius 2 is 1.65 bits per heavy atom. The molecule has 0 fully saturated rings. The van der Waals surface area contributed by atoms with Crippen LogP contribution in [-0.4, -0.2) is 0 Å². The molecule has 1 aromatic heterocycles. The molecule has 0 N–H and O–H groups in total. The quantitative estimate of drug-likeness (QED) is 0.505. The van der Waals surface area contributed by atoms with Gasteiger partial charge < -0.3 is 0 Å². The molecule has 0 aliphatic heterocycles. The molecule has 1 heterocycles. The van der Waals surface area contributed by atoms with E-state index in [1.807, 2.05) is 46.0 Å². The zero-order valence-electron chi connectivity index (χ0n) is 14.4. The minimum atomic E-state index is 1.21. The number of hydrogen-bond donors (Lipinski definition) is 0. The summed E-state index contributed by atoms with van der Waals surface area (Å²) in [4.78, 5) is 0. The highest BCUT2D eigenvalue weighted by molar-refractivity contribution is 7.17. The zero-order chi connectivity index (χ0) is 16.0. The molecule has 0 aliphatic carbocycles. The second-order valence-corrected chi connectivity index (χ2v) is 4.78. The number of allylic oxidation sites excluding steroid dienone is 1. The third-order valence-electron chi connectivity index (χ3n) is 2.44. The largest absolute Gasteiger partial charge is 0.144 e. The first-order valence-corrected chi connectivity index (χ1v) is 8.65. The van der Waals surface area contributed by atoms with Crippen LogP contribution < -0.4 is 0 Å². The maximum atomic E-state index is 3.36. The molecule has 0 atom stereocenters. The Hall–Kier alpha value is -1.08. The van der Waals surface area contributed by atoms with Gasteiger partial charge in [-0.15, -0.1) is 17.9 Å². The summed E-state index contributed by atoms with van der Waals surface area (Å²) in [6.45, 7) is 17.7. The number of fused-ring (bicyclic) bond motifs is 1. The van der Waals surface area contributed by atoms with Crippen LogP contribution in [0.2, 0.25) is 0 Å². The molecule has 2 rings (SSSR count). The number of benzene rings is 1. The van der Waals surface area contributed by atoms with E-state index in [1.165, 1.54) is 34.1 Å². The second-order valence-electron chi connectivity index (χ2n) is 3.86. The number of aryl methyl sites for hydroxylation is 2. The highest BCUT2D eigenvalue weighted by Gasteiger charge is 2.03.